The zero-order valence-corrected chi connectivity index (χ0v) is 10.4. The first-order valence-electron chi connectivity index (χ1n) is 5.68. The summed E-state index contributed by atoms with van der Waals surface area (Å²) in [4.78, 5) is 15.9. The number of nitrogens with one attached hydrogen (secondary N) is 1. The van der Waals surface area contributed by atoms with Crippen LogP contribution in [-0.2, 0) is 6.42 Å². The van der Waals surface area contributed by atoms with Gasteiger partial charge in [0.2, 0.25) is 5.89 Å². The van der Waals surface area contributed by atoms with Crippen LogP contribution in [0.15, 0.2) is 29.0 Å². The molecule has 1 amide bonds. The third-order valence-corrected chi connectivity index (χ3v) is 2.54. The molecule has 19 heavy (non-hydrogen) atoms. The molecule has 1 heterocycles. The van der Waals surface area contributed by atoms with Crippen molar-refractivity contribution >= 4 is 11.6 Å². The van der Waals surface area contributed by atoms with Crippen molar-refractivity contribution in [2.45, 2.75) is 6.42 Å². The van der Waals surface area contributed by atoms with Gasteiger partial charge >= 0.3 is 0 Å². The summed E-state index contributed by atoms with van der Waals surface area (Å²) in [5.41, 5.74) is 6.48. The maximum Gasteiger partial charge on any atom is 0.257 e. The van der Waals surface area contributed by atoms with E-state index in [0.717, 1.165) is 0 Å². The van der Waals surface area contributed by atoms with Crippen LogP contribution in [0.4, 0.5) is 5.69 Å². The molecule has 2 rings (SSSR count). The summed E-state index contributed by atoms with van der Waals surface area (Å²) >= 11 is 0. The molecule has 0 fully saturated rings. The fraction of sp³-hybridized carbons (Fsp3) is 0.250. The number of ether oxygens (including phenoxy) is 1. The number of nitrogens with two attached hydrogens (primary N) is 1. The normalized spacial score (nSPS) is 10.2. The van der Waals surface area contributed by atoms with Crippen molar-refractivity contribution in [2.24, 2.45) is 0 Å². The van der Waals surface area contributed by atoms with Gasteiger partial charge in [-0.1, -0.05) is 11.2 Å². The van der Waals surface area contributed by atoms with Crippen LogP contribution in [0.2, 0.25) is 0 Å². The first-order valence-corrected chi connectivity index (χ1v) is 5.68. The molecular weight excluding hydrogens is 248 g/mol. The van der Waals surface area contributed by atoms with Crippen LogP contribution in [0.25, 0.3) is 0 Å². The Kier molecular flexibility index (Phi) is 3.97. The zero-order chi connectivity index (χ0) is 13.7. The number of aromatic nitrogens is 2. The van der Waals surface area contributed by atoms with Crippen molar-refractivity contribution in [3.8, 4) is 5.75 Å². The molecule has 7 heteroatoms. The van der Waals surface area contributed by atoms with Crippen molar-refractivity contribution < 1.29 is 14.1 Å². The van der Waals surface area contributed by atoms with Gasteiger partial charge in [-0.05, 0) is 12.1 Å². The molecule has 0 unspecified atom stereocenters. The number of amides is 1. The van der Waals surface area contributed by atoms with Crippen molar-refractivity contribution in [2.75, 3.05) is 19.4 Å². The molecule has 0 spiro atoms. The maximum absolute atomic E-state index is 12.0. The molecule has 2 aromatic rings. The van der Waals surface area contributed by atoms with E-state index in [0.29, 0.717) is 35.9 Å². The van der Waals surface area contributed by atoms with E-state index in [1.54, 1.807) is 18.2 Å². The Morgan fingerprint density at radius 2 is 2.37 bits per heavy atom. The van der Waals surface area contributed by atoms with Gasteiger partial charge < -0.3 is 20.3 Å². The SMILES string of the molecule is COc1cccc(N)c1C(=O)NCCc1ncno1. The molecule has 1 aromatic carbocycles. The Morgan fingerprint density at radius 3 is 3.05 bits per heavy atom. The molecule has 0 saturated heterocycles. The first-order chi connectivity index (χ1) is 9.22. The van der Waals surface area contributed by atoms with E-state index in [4.69, 9.17) is 15.0 Å². The Labute approximate surface area is 109 Å². The number of carbonyl (C=O) groups is 1. The van der Waals surface area contributed by atoms with Crippen molar-refractivity contribution in [3.05, 3.63) is 36.0 Å². The number of benzene rings is 1. The van der Waals surface area contributed by atoms with Gasteiger partial charge in [-0.25, -0.2) is 0 Å². The highest BCUT2D eigenvalue weighted by atomic mass is 16.5. The van der Waals surface area contributed by atoms with Crippen LogP contribution in [0.3, 0.4) is 0 Å². The van der Waals surface area contributed by atoms with E-state index in [-0.39, 0.29) is 5.91 Å². The monoisotopic (exact) mass is 262 g/mol. The molecule has 0 radical (unpaired) electrons. The second-order valence-corrected chi connectivity index (χ2v) is 3.77. The van der Waals surface area contributed by atoms with E-state index in [9.17, 15) is 4.79 Å². The van der Waals surface area contributed by atoms with Gasteiger partial charge in [0.25, 0.3) is 5.91 Å². The van der Waals surface area contributed by atoms with Crippen LogP contribution in [0.5, 0.6) is 5.75 Å². The maximum atomic E-state index is 12.0. The van der Waals surface area contributed by atoms with Gasteiger partial charge in [0.15, 0.2) is 6.33 Å². The largest absolute Gasteiger partial charge is 0.496 e. The van der Waals surface area contributed by atoms with E-state index in [1.165, 1.54) is 13.4 Å². The van der Waals surface area contributed by atoms with Crippen LogP contribution >= 0.6 is 0 Å². The lowest BCUT2D eigenvalue weighted by atomic mass is 10.1. The quantitative estimate of drug-likeness (QED) is 0.766. The van der Waals surface area contributed by atoms with Gasteiger partial charge in [0.05, 0.1) is 7.11 Å². The first kappa shape index (κ1) is 12.9. The Hall–Kier alpha value is -2.57. The number of nitrogen functional groups attached to an aromatic ring is 1. The molecule has 0 atom stereocenters. The van der Waals surface area contributed by atoms with Crippen molar-refractivity contribution in [1.29, 1.82) is 0 Å². The number of rotatable bonds is 5. The topological polar surface area (TPSA) is 103 Å². The minimum absolute atomic E-state index is 0.297. The molecule has 0 bridgehead atoms. The van der Waals surface area contributed by atoms with E-state index < -0.39 is 0 Å². The molecule has 7 nitrogen and oxygen atoms in total. The highest BCUT2D eigenvalue weighted by Gasteiger charge is 2.15. The molecule has 3 N–H and O–H groups in total. The lowest BCUT2D eigenvalue weighted by Gasteiger charge is -2.10. The average molecular weight is 262 g/mol. The third kappa shape index (κ3) is 3.01. The van der Waals surface area contributed by atoms with Crippen LogP contribution < -0.4 is 15.8 Å². The van der Waals surface area contributed by atoms with Gasteiger partial charge in [0, 0.05) is 18.7 Å². The second kappa shape index (κ2) is 5.85. The molecule has 100 valence electrons. The smallest absolute Gasteiger partial charge is 0.257 e. The second-order valence-electron chi connectivity index (χ2n) is 3.77. The summed E-state index contributed by atoms with van der Waals surface area (Å²) in [6.45, 7) is 0.374. The summed E-state index contributed by atoms with van der Waals surface area (Å²) < 4.78 is 9.95. The lowest BCUT2D eigenvalue weighted by molar-refractivity contribution is 0.0951. The number of anilines is 1. The summed E-state index contributed by atoms with van der Waals surface area (Å²) in [6.07, 6.45) is 1.77. The third-order valence-electron chi connectivity index (χ3n) is 2.54. The van der Waals surface area contributed by atoms with E-state index in [1.807, 2.05) is 0 Å². The summed E-state index contributed by atoms with van der Waals surface area (Å²) in [6, 6.07) is 5.06. The van der Waals surface area contributed by atoms with Crippen LogP contribution in [0.1, 0.15) is 16.2 Å². The molecular formula is C12H14N4O3. The minimum Gasteiger partial charge on any atom is -0.496 e. The highest BCUT2D eigenvalue weighted by Crippen LogP contribution is 2.23. The standard InChI is InChI=1S/C12H14N4O3/c1-18-9-4-2-3-8(13)11(9)12(17)14-6-5-10-15-7-16-19-10/h2-4,7H,5-6,13H2,1H3,(H,14,17). The van der Waals surface area contributed by atoms with Crippen molar-refractivity contribution in [1.82, 2.24) is 15.5 Å². The molecule has 0 aliphatic rings. The van der Waals surface area contributed by atoms with Crippen LogP contribution in [0, 0.1) is 0 Å². The molecule has 0 saturated carbocycles. The summed E-state index contributed by atoms with van der Waals surface area (Å²) in [5.74, 6) is 0.609. The molecule has 0 aliphatic heterocycles. The number of hydrogen-bond donors (Lipinski definition) is 2. The number of hydrogen-bond acceptors (Lipinski definition) is 6. The lowest BCUT2D eigenvalue weighted by Crippen LogP contribution is -2.27. The van der Waals surface area contributed by atoms with E-state index >= 15 is 0 Å². The minimum atomic E-state index is -0.297. The summed E-state index contributed by atoms with van der Waals surface area (Å²) in [7, 11) is 1.49. The predicted octanol–water partition coefficient (Wildman–Crippen LogP) is 0.633. The molecule has 0 aliphatic carbocycles. The zero-order valence-electron chi connectivity index (χ0n) is 10.4. The number of methoxy groups -OCH3 is 1. The highest BCUT2D eigenvalue weighted by molar-refractivity contribution is 6.01. The van der Waals surface area contributed by atoms with Gasteiger partial charge in [-0.2, -0.15) is 4.98 Å². The number of carbonyl (C=O) groups excluding carboxylic acids is 1. The van der Waals surface area contributed by atoms with Gasteiger partial charge in [0.1, 0.15) is 11.3 Å². The van der Waals surface area contributed by atoms with Crippen LogP contribution in [-0.4, -0.2) is 29.7 Å². The molecule has 1 aromatic heterocycles. The van der Waals surface area contributed by atoms with Gasteiger partial charge in [-0.15, -0.1) is 0 Å². The summed E-state index contributed by atoms with van der Waals surface area (Å²) in [5, 5.41) is 6.21. The van der Waals surface area contributed by atoms with E-state index in [2.05, 4.69) is 15.5 Å². The van der Waals surface area contributed by atoms with Crippen molar-refractivity contribution in [3.63, 3.8) is 0 Å². The fourth-order valence-electron chi connectivity index (χ4n) is 1.64. The predicted molar refractivity (Wildman–Crippen MR) is 67.7 cm³/mol. The fourth-order valence-corrected chi connectivity index (χ4v) is 1.64. The average Bonchev–Trinajstić information content (AvgIpc) is 2.91. The number of nitrogens with zero attached hydrogens (tertiary/aromatic N) is 2. The Bertz CT molecular complexity index is 554. The Balaban J connectivity index is 2.00. The van der Waals surface area contributed by atoms with Gasteiger partial charge in [-0.3, -0.25) is 4.79 Å². The Morgan fingerprint density at radius 1 is 1.53 bits per heavy atom.